The van der Waals surface area contributed by atoms with Crippen LogP contribution in [0, 0.1) is 13.8 Å². The van der Waals surface area contributed by atoms with Crippen LogP contribution in [0.3, 0.4) is 0 Å². The number of nitrogens with one attached hydrogen (secondary N) is 1. The minimum absolute atomic E-state index is 0.0104. The third-order valence-electron chi connectivity index (χ3n) is 5.09. The van der Waals surface area contributed by atoms with Gasteiger partial charge in [0, 0.05) is 17.9 Å². The number of aromatic nitrogens is 3. The first-order valence-corrected chi connectivity index (χ1v) is 9.72. The first kappa shape index (κ1) is 16.2. The van der Waals surface area contributed by atoms with E-state index in [1.165, 1.54) is 16.7 Å². The Morgan fingerprint density at radius 1 is 1.15 bits per heavy atom. The minimum atomic E-state index is 0.0104. The molecule has 0 radical (unpaired) electrons. The largest absolute Gasteiger partial charge is 0.310 e. The van der Waals surface area contributed by atoms with Crippen molar-refractivity contribution >= 4 is 33.3 Å². The summed E-state index contributed by atoms with van der Waals surface area (Å²) in [4.78, 5) is 17.2. The molecule has 5 rings (SSSR count). The lowest BCUT2D eigenvalue weighted by molar-refractivity contribution is -0.116. The lowest BCUT2D eigenvalue weighted by Crippen LogP contribution is -2.25. The molecule has 134 valence electrons. The van der Waals surface area contributed by atoms with E-state index in [1.54, 1.807) is 16.0 Å². The summed E-state index contributed by atoms with van der Waals surface area (Å²) in [5.41, 5.74) is 5.56. The number of carbonyl (C=O) groups excluding carboxylic acids is 1. The number of hydrogen-bond donors (Lipinski definition) is 1. The summed E-state index contributed by atoms with van der Waals surface area (Å²) in [7, 11) is 0. The number of thiazole rings is 1. The van der Waals surface area contributed by atoms with E-state index in [-0.39, 0.29) is 11.8 Å². The maximum Gasteiger partial charge on any atom is 0.226 e. The fourth-order valence-corrected chi connectivity index (χ4v) is 4.66. The maximum atomic E-state index is 12.5. The van der Waals surface area contributed by atoms with Gasteiger partial charge in [0.1, 0.15) is 5.82 Å². The van der Waals surface area contributed by atoms with Crippen LogP contribution < -0.4 is 5.32 Å². The molecule has 27 heavy (non-hydrogen) atoms. The Hall–Kier alpha value is -2.99. The smallest absolute Gasteiger partial charge is 0.226 e. The van der Waals surface area contributed by atoms with Crippen LogP contribution in [-0.4, -0.2) is 20.7 Å². The van der Waals surface area contributed by atoms with Gasteiger partial charge < -0.3 is 5.32 Å². The molecule has 1 aliphatic heterocycles. The number of anilines is 1. The molecule has 1 aliphatic rings. The summed E-state index contributed by atoms with van der Waals surface area (Å²) in [5.74, 6) is 0.754. The number of para-hydroxylation sites is 1. The summed E-state index contributed by atoms with van der Waals surface area (Å²) in [6, 6.07) is 14.4. The Kier molecular flexibility index (Phi) is 3.62. The lowest BCUT2D eigenvalue weighted by Gasteiger charge is -2.25. The van der Waals surface area contributed by atoms with Gasteiger partial charge >= 0.3 is 0 Å². The number of aryl methyl sites for hydroxylation is 2. The van der Waals surface area contributed by atoms with E-state index in [0.717, 1.165) is 26.7 Å². The highest BCUT2D eigenvalue weighted by atomic mass is 32.1. The Labute approximate surface area is 160 Å². The molecule has 1 N–H and O–H groups in total. The van der Waals surface area contributed by atoms with E-state index in [2.05, 4.69) is 47.4 Å². The standard InChI is InChI=1S/C21H18N4OS/c1-12-7-8-13(2)14(9-12)15-10-19(26)24-20-16(15)11-22-25(20)21-23-17-5-3-4-6-18(17)27-21/h3-9,11,15H,10H2,1-2H3,(H,24,26)/t15-/m1/s1. The molecular weight excluding hydrogens is 356 g/mol. The van der Waals surface area contributed by atoms with Gasteiger partial charge in [-0.2, -0.15) is 9.78 Å². The zero-order chi connectivity index (χ0) is 18.5. The van der Waals surface area contributed by atoms with Crippen LogP contribution in [-0.2, 0) is 4.79 Å². The van der Waals surface area contributed by atoms with Crippen molar-refractivity contribution in [3.63, 3.8) is 0 Å². The van der Waals surface area contributed by atoms with Crippen molar-refractivity contribution in [2.75, 3.05) is 5.32 Å². The molecule has 6 heteroatoms. The molecule has 0 spiro atoms. The van der Waals surface area contributed by atoms with Crippen LogP contribution in [0.1, 0.15) is 34.6 Å². The molecule has 0 saturated carbocycles. The lowest BCUT2D eigenvalue weighted by atomic mass is 9.84. The molecule has 0 saturated heterocycles. The number of carbonyl (C=O) groups is 1. The number of fused-ring (bicyclic) bond motifs is 2. The summed E-state index contributed by atoms with van der Waals surface area (Å²) in [6.07, 6.45) is 2.30. The van der Waals surface area contributed by atoms with Crippen LogP contribution in [0.2, 0.25) is 0 Å². The summed E-state index contributed by atoms with van der Waals surface area (Å²) < 4.78 is 2.86. The number of benzene rings is 2. The molecule has 3 heterocycles. The molecule has 5 nitrogen and oxygen atoms in total. The topological polar surface area (TPSA) is 59.8 Å². The fraction of sp³-hybridized carbons (Fsp3) is 0.190. The first-order chi connectivity index (χ1) is 13.1. The summed E-state index contributed by atoms with van der Waals surface area (Å²) >= 11 is 1.57. The predicted molar refractivity (Wildman–Crippen MR) is 108 cm³/mol. The van der Waals surface area contributed by atoms with Crippen LogP contribution in [0.4, 0.5) is 5.82 Å². The molecule has 0 fully saturated rings. The van der Waals surface area contributed by atoms with Crippen molar-refractivity contribution in [1.29, 1.82) is 0 Å². The van der Waals surface area contributed by atoms with Crippen molar-refractivity contribution in [2.24, 2.45) is 0 Å². The normalized spacial score (nSPS) is 16.4. The van der Waals surface area contributed by atoms with Gasteiger partial charge in [0.25, 0.3) is 0 Å². The first-order valence-electron chi connectivity index (χ1n) is 8.91. The molecule has 0 aliphatic carbocycles. The van der Waals surface area contributed by atoms with Gasteiger partial charge in [0.05, 0.1) is 16.4 Å². The molecule has 0 unspecified atom stereocenters. The highest BCUT2D eigenvalue weighted by Gasteiger charge is 2.31. The SMILES string of the molecule is Cc1ccc(C)c([C@H]2CC(=O)Nc3c2cnn3-c2nc3ccccc3s2)c1. The molecular formula is C21H18N4OS. The van der Waals surface area contributed by atoms with Crippen LogP contribution >= 0.6 is 11.3 Å². The monoisotopic (exact) mass is 374 g/mol. The van der Waals surface area contributed by atoms with Gasteiger partial charge in [-0.25, -0.2) is 4.98 Å². The van der Waals surface area contributed by atoms with E-state index in [4.69, 9.17) is 0 Å². The third-order valence-corrected chi connectivity index (χ3v) is 6.11. The number of hydrogen-bond acceptors (Lipinski definition) is 4. The third kappa shape index (κ3) is 2.64. The Balaban J connectivity index is 1.66. The number of nitrogens with zero attached hydrogens (tertiary/aromatic N) is 3. The van der Waals surface area contributed by atoms with Gasteiger partial charge in [-0.3, -0.25) is 4.79 Å². The quantitative estimate of drug-likeness (QED) is 0.559. The van der Waals surface area contributed by atoms with E-state index >= 15 is 0 Å². The van der Waals surface area contributed by atoms with Gasteiger partial charge in [-0.05, 0) is 37.1 Å². The van der Waals surface area contributed by atoms with Crippen molar-refractivity contribution in [3.05, 3.63) is 70.9 Å². The highest BCUT2D eigenvalue weighted by molar-refractivity contribution is 7.20. The second-order valence-electron chi connectivity index (χ2n) is 6.99. The number of rotatable bonds is 2. The van der Waals surface area contributed by atoms with Crippen molar-refractivity contribution in [2.45, 2.75) is 26.2 Å². The Bertz CT molecular complexity index is 1160. The zero-order valence-corrected chi connectivity index (χ0v) is 15.9. The van der Waals surface area contributed by atoms with E-state index in [9.17, 15) is 4.79 Å². The van der Waals surface area contributed by atoms with Gasteiger partial charge in [0.2, 0.25) is 11.0 Å². The molecule has 2 aromatic carbocycles. The van der Waals surface area contributed by atoms with Gasteiger partial charge in [-0.1, -0.05) is 47.2 Å². The van der Waals surface area contributed by atoms with E-state index < -0.39 is 0 Å². The average molecular weight is 374 g/mol. The molecule has 4 aromatic rings. The molecule has 2 aromatic heterocycles. The zero-order valence-electron chi connectivity index (χ0n) is 15.1. The maximum absolute atomic E-state index is 12.5. The second kappa shape index (κ2) is 6.03. The van der Waals surface area contributed by atoms with Gasteiger partial charge in [0.15, 0.2) is 0 Å². The van der Waals surface area contributed by atoms with Crippen LogP contribution in [0.25, 0.3) is 15.3 Å². The van der Waals surface area contributed by atoms with Crippen molar-refractivity contribution in [1.82, 2.24) is 14.8 Å². The van der Waals surface area contributed by atoms with Gasteiger partial charge in [-0.15, -0.1) is 0 Å². The fourth-order valence-electron chi connectivity index (χ4n) is 3.73. The molecule has 1 atom stereocenters. The Morgan fingerprint density at radius 3 is 2.85 bits per heavy atom. The van der Waals surface area contributed by atoms with E-state index in [0.29, 0.717) is 6.42 Å². The van der Waals surface area contributed by atoms with Crippen molar-refractivity contribution < 1.29 is 4.79 Å². The van der Waals surface area contributed by atoms with Crippen LogP contribution in [0.5, 0.6) is 0 Å². The van der Waals surface area contributed by atoms with Crippen molar-refractivity contribution in [3.8, 4) is 5.13 Å². The summed E-state index contributed by atoms with van der Waals surface area (Å²) in [6.45, 7) is 4.18. The van der Waals surface area contributed by atoms with Crippen LogP contribution in [0.15, 0.2) is 48.7 Å². The highest BCUT2D eigenvalue weighted by Crippen LogP contribution is 2.40. The molecule has 1 amide bonds. The summed E-state index contributed by atoms with van der Waals surface area (Å²) in [5, 5.41) is 8.35. The predicted octanol–water partition coefficient (Wildman–Crippen LogP) is 4.57. The minimum Gasteiger partial charge on any atom is -0.310 e. The average Bonchev–Trinajstić information content (AvgIpc) is 3.26. The Morgan fingerprint density at radius 2 is 2.00 bits per heavy atom. The van der Waals surface area contributed by atoms with E-state index in [1.807, 2.05) is 30.5 Å². The second-order valence-corrected chi connectivity index (χ2v) is 8.00. The number of amides is 1. The molecule has 0 bridgehead atoms.